The highest BCUT2D eigenvalue weighted by Crippen LogP contribution is 2.19. The lowest BCUT2D eigenvalue weighted by Gasteiger charge is -2.09. The lowest BCUT2D eigenvalue weighted by Crippen LogP contribution is -2.30. The molecule has 0 aliphatic rings. The van der Waals surface area contributed by atoms with Gasteiger partial charge < -0.3 is 21.1 Å². The zero-order chi connectivity index (χ0) is 21.3. The average Bonchev–Trinajstić information content (AvgIpc) is 3.16. The van der Waals surface area contributed by atoms with Crippen molar-refractivity contribution in [2.24, 2.45) is 5.73 Å². The molecule has 10 nitrogen and oxygen atoms in total. The Bertz CT molecular complexity index is 1240. The quantitative estimate of drug-likeness (QED) is 0.326. The van der Waals surface area contributed by atoms with E-state index in [0.717, 1.165) is 5.56 Å². The Kier molecular flexibility index (Phi) is 5.13. The number of nitrogens with two attached hydrogens (primary N) is 1. The summed E-state index contributed by atoms with van der Waals surface area (Å²) >= 11 is 0. The number of carbonyl (C=O) groups excluding carboxylic acids is 1. The Hall–Kier alpha value is -3.83. The largest absolute Gasteiger partial charge is 0.488 e. The van der Waals surface area contributed by atoms with Crippen LogP contribution in [-0.4, -0.2) is 47.6 Å². The second-order valence-corrected chi connectivity index (χ2v) is 6.69. The van der Waals surface area contributed by atoms with Gasteiger partial charge in [0.25, 0.3) is 5.91 Å². The van der Waals surface area contributed by atoms with E-state index in [1.165, 1.54) is 0 Å². The van der Waals surface area contributed by atoms with Crippen LogP contribution in [0.3, 0.4) is 0 Å². The van der Waals surface area contributed by atoms with Crippen molar-refractivity contribution < 1.29 is 14.8 Å². The van der Waals surface area contributed by atoms with E-state index in [1.807, 2.05) is 13.0 Å². The van der Waals surface area contributed by atoms with Gasteiger partial charge in [-0.05, 0) is 30.1 Å². The van der Waals surface area contributed by atoms with Crippen molar-refractivity contribution in [3.05, 3.63) is 65.5 Å². The van der Waals surface area contributed by atoms with Gasteiger partial charge in [-0.1, -0.05) is 24.3 Å². The number of pyridine rings is 1. The van der Waals surface area contributed by atoms with Crippen molar-refractivity contribution in [1.29, 1.82) is 0 Å². The molecule has 30 heavy (non-hydrogen) atoms. The first-order chi connectivity index (χ1) is 14.4. The maximum atomic E-state index is 11.6. The smallest absolute Gasteiger partial charge is 0.423 e. The molecule has 0 atom stereocenters. The van der Waals surface area contributed by atoms with Gasteiger partial charge >= 0.3 is 7.12 Å². The number of amides is 1. The van der Waals surface area contributed by atoms with E-state index in [9.17, 15) is 14.8 Å². The lowest BCUT2D eigenvalue weighted by molar-refractivity contribution is 0.100. The van der Waals surface area contributed by atoms with Crippen LogP contribution in [0, 0.1) is 6.92 Å². The molecule has 3 aromatic heterocycles. The van der Waals surface area contributed by atoms with E-state index >= 15 is 0 Å². The molecule has 0 unspecified atom stereocenters. The van der Waals surface area contributed by atoms with Gasteiger partial charge in [-0.15, -0.1) is 10.2 Å². The molecule has 5 N–H and O–H groups in total. The van der Waals surface area contributed by atoms with Crippen molar-refractivity contribution in [1.82, 2.24) is 24.6 Å². The number of aromatic nitrogens is 5. The summed E-state index contributed by atoms with van der Waals surface area (Å²) in [6, 6.07) is 12.0. The summed E-state index contributed by atoms with van der Waals surface area (Å²) in [6.45, 7) is 2.25. The molecule has 150 valence electrons. The van der Waals surface area contributed by atoms with Crippen molar-refractivity contribution in [2.75, 3.05) is 5.32 Å². The zero-order valence-electron chi connectivity index (χ0n) is 16.0. The SMILES string of the molecule is Cc1cc(NCc2cccc(B(O)O)c2)nc(-c2nnc3c(C(N)=O)cccn23)n1. The molecule has 0 saturated heterocycles. The molecule has 1 amide bonds. The fourth-order valence-electron chi connectivity index (χ4n) is 3.08. The summed E-state index contributed by atoms with van der Waals surface area (Å²) in [6.07, 6.45) is 1.71. The number of aryl methyl sites for hydroxylation is 1. The Balaban J connectivity index is 1.64. The van der Waals surface area contributed by atoms with Crippen LogP contribution in [0.1, 0.15) is 21.6 Å². The molecular formula is C19H18BN7O3. The van der Waals surface area contributed by atoms with Crippen LogP contribution in [0.25, 0.3) is 17.3 Å². The predicted octanol–water partition coefficient (Wildman–Crippen LogP) is -0.114. The maximum absolute atomic E-state index is 11.6. The first-order valence-electron chi connectivity index (χ1n) is 9.11. The fourth-order valence-corrected chi connectivity index (χ4v) is 3.08. The Morgan fingerprint density at radius 2 is 2.00 bits per heavy atom. The van der Waals surface area contributed by atoms with E-state index < -0.39 is 13.0 Å². The van der Waals surface area contributed by atoms with Crippen molar-refractivity contribution >= 4 is 30.0 Å². The molecule has 0 fully saturated rings. The van der Waals surface area contributed by atoms with Gasteiger partial charge in [0.15, 0.2) is 11.5 Å². The second kappa shape index (κ2) is 7.89. The normalized spacial score (nSPS) is 10.9. The minimum absolute atomic E-state index is 0.258. The zero-order valence-corrected chi connectivity index (χ0v) is 16.0. The van der Waals surface area contributed by atoms with Gasteiger partial charge in [0.2, 0.25) is 5.82 Å². The fraction of sp³-hybridized carbons (Fsp3) is 0.105. The highest BCUT2D eigenvalue weighted by molar-refractivity contribution is 6.58. The maximum Gasteiger partial charge on any atom is 0.488 e. The first kappa shape index (κ1) is 19.5. The molecule has 4 aromatic rings. The number of hydrogen-bond acceptors (Lipinski definition) is 8. The molecule has 3 heterocycles. The molecule has 4 rings (SSSR count). The number of nitrogens with one attached hydrogen (secondary N) is 1. The summed E-state index contributed by atoms with van der Waals surface area (Å²) < 4.78 is 1.62. The molecule has 0 spiro atoms. The number of fused-ring (bicyclic) bond motifs is 1. The van der Waals surface area contributed by atoms with E-state index in [-0.39, 0.29) is 5.56 Å². The molecule has 0 saturated carbocycles. The van der Waals surface area contributed by atoms with Crippen LogP contribution in [-0.2, 0) is 6.54 Å². The lowest BCUT2D eigenvalue weighted by atomic mass is 9.80. The number of anilines is 1. The summed E-state index contributed by atoms with van der Waals surface area (Å²) in [5, 5.41) is 30.0. The second-order valence-electron chi connectivity index (χ2n) is 6.69. The summed E-state index contributed by atoms with van der Waals surface area (Å²) in [5.74, 6) is 0.689. The number of benzene rings is 1. The van der Waals surface area contributed by atoms with Crippen molar-refractivity contribution in [3.8, 4) is 11.6 Å². The van der Waals surface area contributed by atoms with E-state index in [1.54, 1.807) is 47.0 Å². The number of rotatable bonds is 6. The summed E-state index contributed by atoms with van der Waals surface area (Å²) in [5.41, 5.74) is 7.98. The van der Waals surface area contributed by atoms with Crippen LogP contribution in [0.15, 0.2) is 48.7 Å². The minimum atomic E-state index is -1.52. The van der Waals surface area contributed by atoms with Crippen LogP contribution < -0.4 is 16.5 Å². The van der Waals surface area contributed by atoms with E-state index in [2.05, 4.69) is 25.5 Å². The van der Waals surface area contributed by atoms with Gasteiger partial charge in [0, 0.05) is 24.5 Å². The number of primary amides is 1. The molecule has 1 aromatic carbocycles. The Labute approximate surface area is 171 Å². The third-order valence-electron chi connectivity index (χ3n) is 4.48. The number of nitrogens with zero attached hydrogens (tertiary/aromatic N) is 5. The van der Waals surface area contributed by atoms with Gasteiger partial charge in [-0.2, -0.15) is 0 Å². The van der Waals surface area contributed by atoms with Crippen LogP contribution >= 0.6 is 0 Å². The number of hydrogen-bond donors (Lipinski definition) is 4. The summed E-state index contributed by atoms with van der Waals surface area (Å²) in [7, 11) is -1.52. The van der Waals surface area contributed by atoms with Crippen molar-refractivity contribution in [3.63, 3.8) is 0 Å². The van der Waals surface area contributed by atoms with Gasteiger partial charge in [-0.25, -0.2) is 9.97 Å². The van der Waals surface area contributed by atoms with Crippen LogP contribution in [0.4, 0.5) is 5.82 Å². The minimum Gasteiger partial charge on any atom is -0.423 e. The molecule has 11 heteroatoms. The summed E-state index contributed by atoms with van der Waals surface area (Å²) in [4.78, 5) is 20.6. The number of carbonyl (C=O) groups is 1. The molecule has 0 aliphatic carbocycles. The third kappa shape index (κ3) is 3.84. The van der Waals surface area contributed by atoms with Gasteiger partial charge in [-0.3, -0.25) is 9.20 Å². The molecule has 0 bridgehead atoms. The third-order valence-corrected chi connectivity index (χ3v) is 4.48. The van der Waals surface area contributed by atoms with Gasteiger partial charge in [0.05, 0.1) is 5.56 Å². The Morgan fingerprint density at radius 3 is 2.77 bits per heavy atom. The van der Waals surface area contributed by atoms with Gasteiger partial charge in [0.1, 0.15) is 5.82 Å². The van der Waals surface area contributed by atoms with E-state index in [0.29, 0.717) is 40.8 Å². The standard InChI is InChI=1S/C19H18BN7O3/c1-11-8-15(22-10-12-4-2-5-13(9-12)20(29)30)24-17(23-11)19-26-25-18-14(16(21)28)6-3-7-27(18)19/h2-9,29-30H,10H2,1H3,(H2,21,28)(H,22,23,24). The van der Waals surface area contributed by atoms with Crippen LogP contribution in [0.2, 0.25) is 0 Å². The highest BCUT2D eigenvalue weighted by atomic mass is 16.4. The molecule has 0 radical (unpaired) electrons. The predicted molar refractivity (Wildman–Crippen MR) is 111 cm³/mol. The molecule has 0 aliphatic heterocycles. The Morgan fingerprint density at radius 1 is 1.17 bits per heavy atom. The highest BCUT2D eigenvalue weighted by Gasteiger charge is 2.17. The first-order valence-corrected chi connectivity index (χ1v) is 9.11. The van der Waals surface area contributed by atoms with Crippen molar-refractivity contribution in [2.45, 2.75) is 13.5 Å². The topological polar surface area (TPSA) is 152 Å². The average molecular weight is 403 g/mol. The van der Waals surface area contributed by atoms with Crippen LogP contribution in [0.5, 0.6) is 0 Å². The van der Waals surface area contributed by atoms with E-state index in [4.69, 9.17) is 5.73 Å². The monoisotopic (exact) mass is 403 g/mol. The molecular weight excluding hydrogens is 385 g/mol.